The molecule has 0 radical (unpaired) electrons. The number of aromatic nitrogens is 2. The third-order valence-electron chi connectivity index (χ3n) is 6.42. The number of nitrogens with zero attached hydrogens (tertiary/aromatic N) is 2. The van der Waals surface area contributed by atoms with Crippen LogP contribution in [0.3, 0.4) is 0 Å². The second-order valence-electron chi connectivity index (χ2n) is 9.27. The molecule has 3 aromatic carbocycles. The molecular weight excluding hydrogens is 495 g/mol. The van der Waals surface area contributed by atoms with Crippen molar-refractivity contribution in [2.24, 2.45) is 0 Å². The van der Waals surface area contributed by atoms with Gasteiger partial charge in [-0.2, -0.15) is 18.2 Å². The van der Waals surface area contributed by atoms with E-state index in [9.17, 15) is 18.0 Å². The number of carboxylic acids is 1. The van der Waals surface area contributed by atoms with Gasteiger partial charge in [0.1, 0.15) is 0 Å². The van der Waals surface area contributed by atoms with E-state index in [0.29, 0.717) is 36.5 Å². The van der Waals surface area contributed by atoms with Crippen LogP contribution in [-0.2, 0) is 23.9 Å². The van der Waals surface area contributed by atoms with Gasteiger partial charge in [0, 0.05) is 18.7 Å². The number of nitrogens with one attached hydrogen (secondary N) is 1. The third kappa shape index (κ3) is 6.86. The van der Waals surface area contributed by atoms with Crippen molar-refractivity contribution in [1.29, 1.82) is 0 Å². The monoisotopic (exact) mass is 523 g/mol. The zero-order chi connectivity index (χ0) is 27.3. The summed E-state index contributed by atoms with van der Waals surface area (Å²) >= 11 is 0. The van der Waals surface area contributed by atoms with Gasteiger partial charge in [-0.15, -0.1) is 0 Å². The molecule has 38 heavy (non-hydrogen) atoms. The summed E-state index contributed by atoms with van der Waals surface area (Å²) in [6.07, 6.45) is -4.03. The summed E-state index contributed by atoms with van der Waals surface area (Å²) in [5.74, 6) is -0.862. The van der Waals surface area contributed by atoms with Gasteiger partial charge in [0.25, 0.3) is 0 Å². The number of alkyl halides is 3. The summed E-state index contributed by atoms with van der Waals surface area (Å²) in [4.78, 5) is 15.2. The van der Waals surface area contributed by atoms with Gasteiger partial charge in [0.2, 0.25) is 11.7 Å². The van der Waals surface area contributed by atoms with E-state index in [1.165, 1.54) is 6.07 Å². The summed E-state index contributed by atoms with van der Waals surface area (Å²) in [6.45, 7) is 4.88. The highest BCUT2D eigenvalue weighted by Gasteiger charge is 2.32. The maximum atomic E-state index is 13.5. The van der Waals surface area contributed by atoms with E-state index in [0.717, 1.165) is 34.4 Å². The SMILES string of the molecule is Cc1ccc(CC(c2cccc(C(F)(F)F)c2)c2nc(-c3ccc(CNCCC(=O)O)cc3)no2)cc1C. The average Bonchev–Trinajstić information content (AvgIpc) is 3.37. The highest BCUT2D eigenvalue weighted by atomic mass is 19.4. The number of hydrogen-bond acceptors (Lipinski definition) is 5. The summed E-state index contributed by atoms with van der Waals surface area (Å²) in [5, 5.41) is 15.9. The molecule has 0 spiro atoms. The number of aryl methyl sites for hydroxylation is 2. The Morgan fingerprint density at radius 3 is 2.42 bits per heavy atom. The second-order valence-corrected chi connectivity index (χ2v) is 9.27. The minimum atomic E-state index is -4.47. The Morgan fingerprint density at radius 2 is 1.74 bits per heavy atom. The van der Waals surface area contributed by atoms with Gasteiger partial charge in [-0.3, -0.25) is 4.79 Å². The fourth-order valence-corrected chi connectivity index (χ4v) is 4.14. The first kappa shape index (κ1) is 27.1. The quantitative estimate of drug-likeness (QED) is 0.237. The lowest BCUT2D eigenvalue weighted by Gasteiger charge is -2.16. The molecule has 0 amide bonds. The first-order chi connectivity index (χ1) is 18.1. The molecule has 0 saturated heterocycles. The van der Waals surface area contributed by atoms with E-state index in [2.05, 4.69) is 15.5 Å². The molecule has 9 heteroatoms. The van der Waals surface area contributed by atoms with Crippen LogP contribution in [0, 0.1) is 13.8 Å². The summed E-state index contributed by atoms with van der Waals surface area (Å²) in [5.41, 5.74) is 4.54. The van der Waals surface area contributed by atoms with Crippen molar-refractivity contribution < 1.29 is 27.6 Å². The van der Waals surface area contributed by atoms with Crippen LogP contribution in [0.2, 0.25) is 0 Å². The predicted octanol–water partition coefficient (Wildman–Crippen LogP) is 6.31. The molecule has 0 saturated carbocycles. The summed E-state index contributed by atoms with van der Waals surface area (Å²) in [7, 11) is 0. The van der Waals surface area contributed by atoms with Gasteiger partial charge in [-0.1, -0.05) is 65.8 Å². The van der Waals surface area contributed by atoms with Gasteiger partial charge < -0.3 is 14.9 Å². The largest absolute Gasteiger partial charge is 0.481 e. The smallest absolute Gasteiger partial charge is 0.416 e. The van der Waals surface area contributed by atoms with Gasteiger partial charge in [0.05, 0.1) is 17.9 Å². The van der Waals surface area contributed by atoms with Gasteiger partial charge >= 0.3 is 12.1 Å². The lowest BCUT2D eigenvalue weighted by molar-refractivity contribution is -0.138. The van der Waals surface area contributed by atoms with Crippen LogP contribution in [0.4, 0.5) is 13.2 Å². The molecular formula is C29H28F3N3O3. The van der Waals surface area contributed by atoms with E-state index in [4.69, 9.17) is 9.63 Å². The minimum absolute atomic E-state index is 0.0406. The van der Waals surface area contributed by atoms with Crippen LogP contribution in [0.25, 0.3) is 11.4 Å². The van der Waals surface area contributed by atoms with Crippen molar-refractivity contribution in [3.63, 3.8) is 0 Å². The van der Waals surface area contributed by atoms with Gasteiger partial charge in [-0.05, 0) is 54.2 Å². The highest BCUT2D eigenvalue weighted by molar-refractivity contribution is 5.66. The molecule has 198 valence electrons. The fraction of sp³-hybridized carbons (Fsp3) is 0.276. The Morgan fingerprint density at radius 1 is 1.00 bits per heavy atom. The lowest BCUT2D eigenvalue weighted by atomic mass is 9.89. The second kappa shape index (κ2) is 11.6. The molecule has 1 heterocycles. The van der Waals surface area contributed by atoms with Gasteiger partial charge in [-0.25, -0.2) is 0 Å². The molecule has 2 N–H and O–H groups in total. The molecule has 1 unspecified atom stereocenters. The predicted molar refractivity (Wildman–Crippen MR) is 137 cm³/mol. The Kier molecular flexibility index (Phi) is 8.26. The van der Waals surface area contributed by atoms with Crippen LogP contribution in [0.5, 0.6) is 0 Å². The molecule has 4 aromatic rings. The first-order valence-corrected chi connectivity index (χ1v) is 12.2. The van der Waals surface area contributed by atoms with Crippen LogP contribution < -0.4 is 5.32 Å². The third-order valence-corrected chi connectivity index (χ3v) is 6.42. The molecule has 1 aromatic heterocycles. The van der Waals surface area contributed by atoms with Crippen LogP contribution in [-0.4, -0.2) is 27.8 Å². The molecule has 1 atom stereocenters. The van der Waals surface area contributed by atoms with Crippen LogP contribution in [0.15, 0.2) is 71.3 Å². The van der Waals surface area contributed by atoms with Crippen molar-refractivity contribution in [1.82, 2.24) is 15.5 Å². The normalized spacial score (nSPS) is 12.4. The van der Waals surface area contributed by atoms with E-state index >= 15 is 0 Å². The van der Waals surface area contributed by atoms with Crippen molar-refractivity contribution in [2.75, 3.05) is 6.54 Å². The van der Waals surface area contributed by atoms with Crippen molar-refractivity contribution in [3.05, 3.63) is 106 Å². The highest BCUT2D eigenvalue weighted by Crippen LogP contribution is 2.35. The van der Waals surface area contributed by atoms with Crippen molar-refractivity contribution in [3.8, 4) is 11.4 Å². The maximum absolute atomic E-state index is 13.5. The van der Waals surface area contributed by atoms with E-state index < -0.39 is 23.6 Å². The van der Waals surface area contributed by atoms with Crippen molar-refractivity contribution >= 4 is 5.97 Å². The molecule has 0 aliphatic carbocycles. The molecule has 0 aliphatic rings. The number of rotatable bonds is 10. The average molecular weight is 524 g/mol. The molecule has 4 rings (SSSR count). The Hall–Kier alpha value is -3.98. The zero-order valence-corrected chi connectivity index (χ0v) is 21.0. The molecule has 0 fully saturated rings. The topological polar surface area (TPSA) is 88.2 Å². The van der Waals surface area contributed by atoms with Crippen LogP contribution in [0.1, 0.15) is 51.6 Å². The Balaban J connectivity index is 1.60. The Bertz CT molecular complexity index is 1400. The fourth-order valence-electron chi connectivity index (χ4n) is 4.14. The number of hydrogen-bond donors (Lipinski definition) is 2. The van der Waals surface area contributed by atoms with E-state index in [1.54, 1.807) is 6.07 Å². The van der Waals surface area contributed by atoms with Gasteiger partial charge in [0.15, 0.2) is 0 Å². The standard InChI is InChI=1S/C29H28F3N3O3/c1-18-6-7-21(14-19(18)2)15-25(23-4-3-5-24(16-23)29(30,31)32)28-34-27(35-38-28)22-10-8-20(9-11-22)17-33-13-12-26(36)37/h3-11,14,16,25,33H,12-13,15,17H2,1-2H3,(H,36,37). The molecule has 0 bridgehead atoms. The number of benzene rings is 3. The molecule has 0 aliphatic heterocycles. The zero-order valence-electron chi connectivity index (χ0n) is 21.0. The number of halogens is 3. The van der Waals surface area contributed by atoms with Crippen molar-refractivity contribution in [2.45, 2.75) is 45.3 Å². The summed E-state index contributed by atoms with van der Waals surface area (Å²) in [6, 6.07) is 18.6. The number of carboxylic acid groups (broad SMARTS) is 1. The Labute approximate surface area is 218 Å². The minimum Gasteiger partial charge on any atom is -0.481 e. The van der Waals surface area contributed by atoms with E-state index in [-0.39, 0.29) is 12.3 Å². The van der Waals surface area contributed by atoms with Crippen LogP contribution >= 0.6 is 0 Å². The van der Waals surface area contributed by atoms with E-state index in [1.807, 2.05) is 56.3 Å². The lowest BCUT2D eigenvalue weighted by Crippen LogP contribution is -2.17. The summed E-state index contributed by atoms with van der Waals surface area (Å²) < 4.78 is 46.0. The maximum Gasteiger partial charge on any atom is 0.416 e. The molecule has 6 nitrogen and oxygen atoms in total. The number of carbonyl (C=O) groups is 1. The number of aliphatic carboxylic acids is 1. The first-order valence-electron chi connectivity index (χ1n) is 12.2.